The fourth-order valence-corrected chi connectivity index (χ4v) is 2.50. The van der Waals surface area contributed by atoms with Gasteiger partial charge in [0, 0.05) is 9.99 Å². The summed E-state index contributed by atoms with van der Waals surface area (Å²) in [6.07, 6.45) is 0.982. The van der Waals surface area contributed by atoms with Gasteiger partial charge < -0.3 is 4.74 Å². The summed E-state index contributed by atoms with van der Waals surface area (Å²) in [5, 5.41) is 1.05. The number of halogens is 3. The molecule has 0 atom stereocenters. The standard InChI is InChI=1S/C11H11Cl2IO2/c1-2-16-11(15)4-3-7-5-8(12)9(13)6-10(7)14/h5-6H,2-4H2,1H3. The van der Waals surface area contributed by atoms with Crippen molar-refractivity contribution < 1.29 is 9.53 Å². The number of aryl methyl sites for hydroxylation is 1. The molecule has 0 aliphatic carbocycles. The number of benzene rings is 1. The lowest BCUT2D eigenvalue weighted by Gasteiger charge is -2.06. The largest absolute Gasteiger partial charge is 0.466 e. The smallest absolute Gasteiger partial charge is 0.306 e. The van der Waals surface area contributed by atoms with E-state index in [2.05, 4.69) is 22.6 Å². The van der Waals surface area contributed by atoms with Gasteiger partial charge in [-0.3, -0.25) is 4.79 Å². The Balaban J connectivity index is 2.67. The molecule has 0 radical (unpaired) electrons. The number of esters is 1. The lowest BCUT2D eigenvalue weighted by atomic mass is 10.1. The Morgan fingerprint density at radius 2 is 2.00 bits per heavy atom. The molecule has 1 aromatic carbocycles. The summed E-state index contributed by atoms with van der Waals surface area (Å²) in [6.45, 7) is 2.21. The van der Waals surface area contributed by atoms with Gasteiger partial charge in [0.15, 0.2) is 0 Å². The maximum atomic E-state index is 11.2. The topological polar surface area (TPSA) is 26.3 Å². The van der Waals surface area contributed by atoms with Crippen molar-refractivity contribution in [3.8, 4) is 0 Å². The minimum atomic E-state index is -0.190. The third-order valence-corrected chi connectivity index (χ3v) is 3.72. The van der Waals surface area contributed by atoms with E-state index in [0.29, 0.717) is 29.5 Å². The molecular formula is C11H11Cl2IO2. The number of hydrogen-bond donors (Lipinski definition) is 0. The van der Waals surface area contributed by atoms with E-state index in [-0.39, 0.29) is 5.97 Å². The minimum absolute atomic E-state index is 0.190. The van der Waals surface area contributed by atoms with Gasteiger partial charge >= 0.3 is 5.97 Å². The molecule has 2 nitrogen and oxygen atoms in total. The van der Waals surface area contributed by atoms with Gasteiger partial charge in [0.25, 0.3) is 0 Å². The fraction of sp³-hybridized carbons (Fsp3) is 0.364. The van der Waals surface area contributed by atoms with Crippen molar-refractivity contribution in [3.05, 3.63) is 31.3 Å². The zero-order chi connectivity index (χ0) is 12.1. The molecule has 1 aromatic rings. The van der Waals surface area contributed by atoms with Crippen molar-refractivity contribution in [2.45, 2.75) is 19.8 Å². The van der Waals surface area contributed by atoms with Crippen LogP contribution in [0.15, 0.2) is 12.1 Å². The Labute approximate surface area is 118 Å². The molecule has 0 spiro atoms. The number of hydrogen-bond acceptors (Lipinski definition) is 2. The number of ether oxygens (including phenoxy) is 1. The first-order valence-corrected chi connectivity index (χ1v) is 6.67. The first-order chi connectivity index (χ1) is 7.54. The van der Waals surface area contributed by atoms with E-state index in [9.17, 15) is 4.79 Å². The molecule has 0 unspecified atom stereocenters. The van der Waals surface area contributed by atoms with Gasteiger partial charge in [-0.15, -0.1) is 0 Å². The maximum Gasteiger partial charge on any atom is 0.306 e. The normalized spacial score (nSPS) is 10.2. The summed E-state index contributed by atoms with van der Waals surface area (Å²) in [7, 11) is 0. The highest BCUT2D eigenvalue weighted by Gasteiger charge is 2.08. The highest BCUT2D eigenvalue weighted by atomic mass is 127. The summed E-state index contributed by atoms with van der Waals surface area (Å²) < 4.78 is 5.87. The summed E-state index contributed by atoms with van der Waals surface area (Å²) in [5.74, 6) is -0.190. The molecule has 0 saturated heterocycles. The van der Waals surface area contributed by atoms with E-state index in [1.165, 1.54) is 0 Å². The van der Waals surface area contributed by atoms with Crippen LogP contribution in [-0.4, -0.2) is 12.6 Å². The molecule has 0 aliphatic rings. The number of carbonyl (C=O) groups is 1. The Morgan fingerprint density at radius 3 is 2.62 bits per heavy atom. The second-order valence-electron chi connectivity index (χ2n) is 3.16. The zero-order valence-corrected chi connectivity index (χ0v) is 12.4. The molecule has 88 valence electrons. The van der Waals surface area contributed by atoms with Gasteiger partial charge in [-0.2, -0.15) is 0 Å². The Hall–Kier alpha value is -0.000000000000000111. The van der Waals surface area contributed by atoms with Crippen molar-refractivity contribution in [1.29, 1.82) is 0 Å². The molecule has 0 fully saturated rings. The van der Waals surface area contributed by atoms with Crippen LogP contribution in [0.1, 0.15) is 18.9 Å². The monoisotopic (exact) mass is 372 g/mol. The minimum Gasteiger partial charge on any atom is -0.466 e. The zero-order valence-electron chi connectivity index (χ0n) is 8.73. The van der Waals surface area contributed by atoms with Crippen LogP contribution in [0.4, 0.5) is 0 Å². The van der Waals surface area contributed by atoms with Crippen molar-refractivity contribution in [1.82, 2.24) is 0 Å². The molecule has 0 heterocycles. The van der Waals surface area contributed by atoms with Crippen molar-refractivity contribution in [2.24, 2.45) is 0 Å². The van der Waals surface area contributed by atoms with Crippen LogP contribution in [-0.2, 0) is 16.0 Å². The van der Waals surface area contributed by atoms with Crippen LogP contribution in [0.2, 0.25) is 10.0 Å². The van der Waals surface area contributed by atoms with Crippen LogP contribution in [0, 0.1) is 3.57 Å². The molecule has 0 bridgehead atoms. The second kappa shape index (κ2) is 6.67. The van der Waals surface area contributed by atoms with Crippen LogP contribution < -0.4 is 0 Å². The molecule has 1 rings (SSSR count). The average molecular weight is 373 g/mol. The Bertz CT molecular complexity index is 394. The van der Waals surface area contributed by atoms with E-state index >= 15 is 0 Å². The third-order valence-electron chi connectivity index (χ3n) is 1.99. The van der Waals surface area contributed by atoms with E-state index in [1.807, 2.05) is 0 Å². The van der Waals surface area contributed by atoms with Gasteiger partial charge in [-0.05, 0) is 53.6 Å². The quantitative estimate of drug-likeness (QED) is 0.452. The van der Waals surface area contributed by atoms with Crippen LogP contribution in [0.5, 0.6) is 0 Å². The molecule has 0 aromatic heterocycles. The average Bonchev–Trinajstić information content (AvgIpc) is 2.22. The molecule has 5 heteroatoms. The highest BCUT2D eigenvalue weighted by Crippen LogP contribution is 2.27. The second-order valence-corrected chi connectivity index (χ2v) is 5.14. The Kier molecular flexibility index (Phi) is 5.86. The molecule has 0 N–H and O–H groups in total. The van der Waals surface area contributed by atoms with Crippen LogP contribution in [0.3, 0.4) is 0 Å². The highest BCUT2D eigenvalue weighted by molar-refractivity contribution is 14.1. The third kappa shape index (κ3) is 4.11. The summed E-state index contributed by atoms with van der Waals surface area (Å²) >= 11 is 14.0. The number of carbonyl (C=O) groups excluding carboxylic acids is 1. The summed E-state index contributed by atoms with van der Waals surface area (Å²) in [5.41, 5.74) is 1.02. The van der Waals surface area contributed by atoms with E-state index in [0.717, 1.165) is 9.13 Å². The van der Waals surface area contributed by atoms with E-state index < -0.39 is 0 Å². The Morgan fingerprint density at radius 1 is 1.38 bits per heavy atom. The van der Waals surface area contributed by atoms with Gasteiger partial charge in [0.05, 0.1) is 16.7 Å². The van der Waals surface area contributed by atoms with Gasteiger partial charge in [-0.25, -0.2) is 0 Å². The lowest BCUT2D eigenvalue weighted by molar-refractivity contribution is -0.143. The predicted molar refractivity (Wildman–Crippen MR) is 74.1 cm³/mol. The lowest BCUT2D eigenvalue weighted by Crippen LogP contribution is -2.05. The van der Waals surface area contributed by atoms with Gasteiger partial charge in [-0.1, -0.05) is 23.2 Å². The molecule has 0 aliphatic heterocycles. The van der Waals surface area contributed by atoms with Crippen molar-refractivity contribution >= 4 is 51.8 Å². The number of rotatable bonds is 4. The summed E-state index contributed by atoms with van der Waals surface area (Å²) in [6, 6.07) is 3.59. The molecular weight excluding hydrogens is 362 g/mol. The van der Waals surface area contributed by atoms with Crippen molar-refractivity contribution in [3.63, 3.8) is 0 Å². The predicted octanol–water partition coefficient (Wildman–Crippen LogP) is 4.09. The first kappa shape index (κ1) is 14.1. The first-order valence-electron chi connectivity index (χ1n) is 4.83. The maximum absolute atomic E-state index is 11.2. The van der Waals surface area contributed by atoms with Gasteiger partial charge in [0.1, 0.15) is 0 Å². The molecule has 16 heavy (non-hydrogen) atoms. The van der Waals surface area contributed by atoms with Gasteiger partial charge in [0.2, 0.25) is 0 Å². The molecule has 0 amide bonds. The van der Waals surface area contributed by atoms with Crippen LogP contribution in [0.25, 0.3) is 0 Å². The summed E-state index contributed by atoms with van der Waals surface area (Å²) in [4.78, 5) is 11.2. The van der Waals surface area contributed by atoms with E-state index in [4.69, 9.17) is 27.9 Å². The van der Waals surface area contributed by atoms with Crippen molar-refractivity contribution in [2.75, 3.05) is 6.61 Å². The van der Waals surface area contributed by atoms with Crippen LogP contribution >= 0.6 is 45.8 Å². The molecule has 0 saturated carbocycles. The SMILES string of the molecule is CCOC(=O)CCc1cc(Cl)c(Cl)cc1I. The fourth-order valence-electron chi connectivity index (χ4n) is 1.23. The van der Waals surface area contributed by atoms with E-state index in [1.54, 1.807) is 19.1 Å².